The maximum Gasteiger partial charge on any atom is 0.295 e. The van der Waals surface area contributed by atoms with Crippen molar-refractivity contribution >= 4 is 17.4 Å². The molecule has 164 valence electrons. The summed E-state index contributed by atoms with van der Waals surface area (Å²) in [4.78, 5) is 27.6. The maximum atomic E-state index is 13.1. The van der Waals surface area contributed by atoms with Crippen LogP contribution in [-0.4, -0.2) is 35.4 Å². The van der Waals surface area contributed by atoms with Crippen LogP contribution in [0.3, 0.4) is 0 Å². The van der Waals surface area contributed by atoms with Crippen molar-refractivity contribution in [3.8, 4) is 5.75 Å². The van der Waals surface area contributed by atoms with Crippen LogP contribution in [0.2, 0.25) is 0 Å². The Labute approximate surface area is 184 Å². The Kier molecular flexibility index (Phi) is 6.25. The molecule has 0 aromatic heterocycles. The minimum absolute atomic E-state index is 0.108. The quantitative estimate of drug-likeness (QED) is 0.413. The Balaban J connectivity index is 2.29. The zero-order chi connectivity index (χ0) is 22.9. The fraction of sp³-hybridized carbons (Fsp3) is 0.385. The highest BCUT2D eigenvalue weighted by atomic mass is 16.5. The van der Waals surface area contributed by atoms with Gasteiger partial charge in [-0.25, -0.2) is 0 Å². The number of hydrogen-bond donors (Lipinski definition) is 1. The largest absolute Gasteiger partial charge is 0.507 e. The number of nitrogens with zero attached hydrogens (tertiary/aromatic N) is 1. The van der Waals surface area contributed by atoms with Gasteiger partial charge in [0.25, 0.3) is 11.7 Å². The zero-order valence-corrected chi connectivity index (χ0v) is 19.2. The molecule has 1 aliphatic rings. The van der Waals surface area contributed by atoms with Crippen LogP contribution in [0.4, 0.5) is 0 Å². The van der Waals surface area contributed by atoms with Crippen LogP contribution in [-0.2, 0) is 15.0 Å². The van der Waals surface area contributed by atoms with Crippen LogP contribution in [0.15, 0.2) is 48.0 Å². The summed E-state index contributed by atoms with van der Waals surface area (Å²) in [5, 5.41) is 11.4. The Hall–Kier alpha value is -3.08. The lowest BCUT2D eigenvalue weighted by Crippen LogP contribution is -2.30. The molecule has 0 bridgehead atoms. The summed E-state index contributed by atoms with van der Waals surface area (Å²) in [6, 6.07) is 12.5. The third-order valence-corrected chi connectivity index (χ3v) is 5.80. The van der Waals surface area contributed by atoms with Gasteiger partial charge in [-0.05, 0) is 42.0 Å². The summed E-state index contributed by atoms with van der Waals surface area (Å²) in [7, 11) is 1.56. The molecular weight excluding hydrogens is 390 g/mol. The van der Waals surface area contributed by atoms with Gasteiger partial charge in [0, 0.05) is 17.7 Å². The molecule has 0 spiro atoms. The molecule has 1 N–H and O–H groups in total. The SMILES string of the molecule is CCCN1C(=O)C(=O)/C(=C(/O)c2cc(C(C)(C)C)ccc2C)C1c1ccccc1OC. The first-order valence-corrected chi connectivity index (χ1v) is 10.6. The molecule has 1 heterocycles. The second-order valence-corrected chi connectivity index (χ2v) is 9.01. The van der Waals surface area contributed by atoms with Gasteiger partial charge in [0.1, 0.15) is 11.5 Å². The maximum absolute atomic E-state index is 13.1. The number of hydrogen-bond acceptors (Lipinski definition) is 4. The predicted molar refractivity (Wildman–Crippen MR) is 122 cm³/mol. The van der Waals surface area contributed by atoms with E-state index in [1.165, 1.54) is 4.90 Å². The molecule has 2 aromatic carbocycles. The number of amides is 1. The standard InChI is InChI=1S/C26H31NO4/c1-7-14-27-22(18-10-8-9-11-20(18)31-6)21(24(29)25(27)30)23(28)19-15-17(26(3,4)5)13-12-16(19)2/h8-13,15,22,28H,7,14H2,1-6H3/b23-21+. The van der Waals surface area contributed by atoms with Crippen molar-refractivity contribution in [2.75, 3.05) is 13.7 Å². The van der Waals surface area contributed by atoms with Crippen LogP contribution >= 0.6 is 0 Å². The number of carbonyl (C=O) groups is 2. The van der Waals surface area contributed by atoms with E-state index < -0.39 is 17.7 Å². The van der Waals surface area contributed by atoms with E-state index in [0.717, 1.165) is 11.1 Å². The van der Waals surface area contributed by atoms with E-state index in [1.807, 2.05) is 50.2 Å². The van der Waals surface area contributed by atoms with Crippen molar-refractivity contribution < 1.29 is 19.4 Å². The number of methoxy groups -OCH3 is 1. The number of rotatable bonds is 5. The molecule has 2 aromatic rings. The number of para-hydroxylation sites is 1. The predicted octanol–water partition coefficient (Wildman–Crippen LogP) is 5.13. The van der Waals surface area contributed by atoms with Gasteiger partial charge in [0.15, 0.2) is 0 Å². The lowest BCUT2D eigenvalue weighted by Gasteiger charge is -2.26. The van der Waals surface area contributed by atoms with Gasteiger partial charge in [-0.2, -0.15) is 0 Å². The van der Waals surface area contributed by atoms with Gasteiger partial charge in [-0.1, -0.05) is 58.0 Å². The van der Waals surface area contributed by atoms with E-state index >= 15 is 0 Å². The van der Waals surface area contributed by atoms with Crippen molar-refractivity contribution in [1.82, 2.24) is 4.90 Å². The van der Waals surface area contributed by atoms with Crippen LogP contribution in [0.1, 0.15) is 62.4 Å². The summed E-state index contributed by atoms with van der Waals surface area (Å²) in [6.45, 7) is 10.5. The summed E-state index contributed by atoms with van der Waals surface area (Å²) >= 11 is 0. The highest BCUT2D eigenvalue weighted by molar-refractivity contribution is 6.46. The lowest BCUT2D eigenvalue weighted by atomic mass is 9.84. The van der Waals surface area contributed by atoms with E-state index in [-0.39, 0.29) is 16.7 Å². The number of aliphatic hydroxyl groups excluding tert-OH is 1. The molecular formula is C26H31NO4. The van der Waals surface area contributed by atoms with E-state index in [9.17, 15) is 14.7 Å². The normalized spacial score (nSPS) is 18.5. The summed E-state index contributed by atoms with van der Waals surface area (Å²) in [5.74, 6) is -0.829. The summed E-state index contributed by atoms with van der Waals surface area (Å²) in [5.41, 5.74) is 3.11. The van der Waals surface area contributed by atoms with Crippen molar-refractivity contribution in [3.05, 3.63) is 70.3 Å². The minimum atomic E-state index is -0.700. The molecule has 0 radical (unpaired) electrons. The number of aryl methyl sites for hydroxylation is 1. The highest BCUT2D eigenvalue weighted by Crippen LogP contribution is 2.43. The number of likely N-dealkylation sites (tertiary alicyclic amines) is 1. The van der Waals surface area contributed by atoms with Crippen LogP contribution in [0.25, 0.3) is 5.76 Å². The van der Waals surface area contributed by atoms with Gasteiger partial charge in [-0.15, -0.1) is 0 Å². The number of carbonyl (C=O) groups excluding carboxylic acids is 2. The van der Waals surface area contributed by atoms with Gasteiger partial charge < -0.3 is 14.7 Å². The van der Waals surface area contributed by atoms with Gasteiger partial charge >= 0.3 is 0 Å². The number of benzene rings is 2. The van der Waals surface area contributed by atoms with Gasteiger partial charge in [0.05, 0.1) is 18.7 Å². The molecule has 1 unspecified atom stereocenters. The first kappa shape index (κ1) is 22.6. The van der Waals surface area contributed by atoms with Crippen LogP contribution in [0.5, 0.6) is 5.75 Å². The molecule has 3 rings (SSSR count). The van der Waals surface area contributed by atoms with Gasteiger partial charge in [-0.3, -0.25) is 9.59 Å². The van der Waals surface area contributed by atoms with Crippen molar-refractivity contribution in [2.45, 2.75) is 52.5 Å². The number of ketones is 1. The van der Waals surface area contributed by atoms with E-state index in [0.29, 0.717) is 29.8 Å². The summed E-state index contributed by atoms with van der Waals surface area (Å²) in [6.07, 6.45) is 0.692. The smallest absolute Gasteiger partial charge is 0.295 e. The minimum Gasteiger partial charge on any atom is -0.507 e. The fourth-order valence-corrected chi connectivity index (χ4v) is 4.06. The Bertz CT molecular complexity index is 1050. The molecule has 1 aliphatic heterocycles. The molecule has 1 saturated heterocycles. The molecule has 5 nitrogen and oxygen atoms in total. The fourth-order valence-electron chi connectivity index (χ4n) is 4.06. The number of aliphatic hydroxyl groups is 1. The third-order valence-electron chi connectivity index (χ3n) is 5.80. The van der Waals surface area contributed by atoms with Crippen molar-refractivity contribution in [2.24, 2.45) is 0 Å². The van der Waals surface area contributed by atoms with E-state index in [4.69, 9.17) is 4.74 Å². The molecule has 5 heteroatoms. The second-order valence-electron chi connectivity index (χ2n) is 9.01. The number of ether oxygens (including phenoxy) is 1. The Morgan fingerprint density at radius 2 is 1.81 bits per heavy atom. The van der Waals surface area contributed by atoms with Crippen LogP contribution < -0.4 is 4.74 Å². The number of Topliss-reactive ketones (excluding diaryl/α,β-unsaturated/α-hetero) is 1. The molecule has 1 atom stereocenters. The van der Waals surface area contributed by atoms with Gasteiger partial charge in [0.2, 0.25) is 0 Å². The van der Waals surface area contributed by atoms with Crippen LogP contribution in [0, 0.1) is 6.92 Å². The Morgan fingerprint density at radius 1 is 1.13 bits per heavy atom. The molecule has 1 amide bonds. The molecule has 31 heavy (non-hydrogen) atoms. The molecule has 0 aliphatic carbocycles. The average molecular weight is 422 g/mol. The Morgan fingerprint density at radius 3 is 2.42 bits per heavy atom. The zero-order valence-electron chi connectivity index (χ0n) is 19.2. The second kappa shape index (κ2) is 8.58. The van der Waals surface area contributed by atoms with Crippen molar-refractivity contribution in [3.63, 3.8) is 0 Å². The van der Waals surface area contributed by atoms with Crippen molar-refractivity contribution in [1.29, 1.82) is 0 Å². The first-order valence-electron chi connectivity index (χ1n) is 10.6. The molecule has 1 fully saturated rings. The lowest BCUT2D eigenvalue weighted by molar-refractivity contribution is -0.139. The third kappa shape index (κ3) is 4.09. The monoisotopic (exact) mass is 421 g/mol. The molecule has 0 saturated carbocycles. The first-order chi connectivity index (χ1) is 14.6. The topological polar surface area (TPSA) is 66.8 Å². The van der Waals surface area contributed by atoms with E-state index in [1.54, 1.807) is 13.2 Å². The highest BCUT2D eigenvalue weighted by Gasteiger charge is 2.46. The summed E-state index contributed by atoms with van der Waals surface area (Å²) < 4.78 is 5.52. The average Bonchev–Trinajstić information content (AvgIpc) is 2.98. The van der Waals surface area contributed by atoms with E-state index in [2.05, 4.69) is 20.8 Å².